The van der Waals surface area contributed by atoms with Crippen LogP contribution in [0.3, 0.4) is 0 Å². The Bertz CT molecular complexity index is 464. The van der Waals surface area contributed by atoms with Crippen molar-refractivity contribution in [2.45, 2.75) is 27.7 Å². The molecule has 0 aliphatic carbocycles. The predicted octanol–water partition coefficient (Wildman–Crippen LogP) is 4.89. The fourth-order valence-corrected chi connectivity index (χ4v) is 1.44. The van der Waals surface area contributed by atoms with Gasteiger partial charge in [0.05, 0.1) is 0 Å². The number of aryl methyl sites for hydroxylation is 1. The zero-order chi connectivity index (χ0) is 14.1. The molecular formula is C17H22O. The van der Waals surface area contributed by atoms with Crippen LogP contribution in [0.1, 0.15) is 36.7 Å². The lowest BCUT2D eigenvalue weighted by Crippen LogP contribution is -2.01. The lowest BCUT2D eigenvalue weighted by molar-refractivity contribution is 0.103. The van der Waals surface area contributed by atoms with Gasteiger partial charge in [-0.15, -0.1) is 0 Å². The molecule has 0 heterocycles. The van der Waals surface area contributed by atoms with Gasteiger partial charge in [-0.05, 0) is 26.0 Å². The molecular weight excluding hydrogens is 220 g/mol. The minimum absolute atomic E-state index is 0.0123. The van der Waals surface area contributed by atoms with Gasteiger partial charge in [0.1, 0.15) is 0 Å². The molecule has 1 heteroatoms. The Hall–Kier alpha value is -1.89. The highest BCUT2D eigenvalue weighted by Gasteiger charge is 2.08. The van der Waals surface area contributed by atoms with Crippen molar-refractivity contribution < 1.29 is 4.79 Å². The van der Waals surface area contributed by atoms with E-state index >= 15 is 0 Å². The van der Waals surface area contributed by atoms with Gasteiger partial charge in [0.25, 0.3) is 0 Å². The highest BCUT2D eigenvalue weighted by atomic mass is 16.1. The standard InChI is InChI=1S/C15H16O.C2H6/c1-5-13(9-11(2)3)15(16)14-8-6-7-12(4)10-14;1-2/h5-10H,1-2H2,3-4H3;1-2H3/b13-9+;. The summed E-state index contributed by atoms with van der Waals surface area (Å²) in [6, 6.07) is 7.53. The first-order valence-electron chi connectivity index (χ1n) is 6.15. The van der Waals surface area contributed by atoms with E-state index in [9.17, 15) is 4.79 Å². The minimum atomic E-state index is -0.0123. The van der Waals surface area contributed by atoms with Gasteiger partial charge in [0.15, 0.2) is 5.78 Å². The number of allylic oxidation sites excluding steroid dienone is 4. The van der Waals surface area contributed by atoms with Crippen LogP contribution in [0.15, 0.2) is 60.7 Å². The maximum absolute atomic E-state index is 12.1. The number of ketones is 1. The molecule has 96 valence electrons. The zero-order valence-corrected chi connectivity index (χ0v) is 11.8. The Morgan fingerprint density at radius 1 is 1.28 bits per heavy atom. The third kappa shape index (κ3) is 4.96. The summed E-state index contributed by atoms with van der Waals surface area (Å²) in [4.78, 5) is 12.1. The molecule has 1 nitrogen and oxygen atoms in total. The molecule has 0 aliphatic rings. The fourth-order valence-electron chi connectivity index (χ4n) is 1.44. The van der Waals surface area contributed by atoms with Crippen LogP contribution in [0.2, 0.25) is 0 Å². The molecule has 0 N–H and O–H groups in total. The fraction of sp³-hybridized carbons (Fsp3) is 0.235. The molecule has 0 amide bonds. The lowest BCUT2D eigenvalue weighted by Gasteiger charge is -2.03. The molecule has 0 atom stereocenters. The third-order valence-corrected chi connectivity index (χ3v) is 2.16. The van der Waals surface area contributed by atoms with Gasteiger partial charge in [-0.2, -0.15) is 0 Å². The number of benzene rings is 1. The highest BCUT2D eigenvalue weighted by Crippen LogP contribution is 2.12. The molecule has 1 aromatic rings. The molecule has 0 aliphatic heterocycles. The summed E-state index contributed by atoms with van der Waals surface area (Å²) in [5.74, 6) is -0.0123. The van der Waals surface area contributed by atoms with E-state index in [0.717, 1.165) is 11.1 Å². The van der Waals surface area contributed by atoms with Gasteiger partial charge >= 0.3 is 0 Å². The molecule has 0 radical (unpaired) electrons. The summed E-state index contributed by atoms with van der Waals surface area (Å²) < 4.78 is 0. The number of Topliss-reactive ketones (excluding diaryl/α,β-unsaturated/α-hetero) is 1. The summed E-state index contributed by atoms with van der Waals surface area (Å²) in [5, 5.41) is 0. The maximum Gasteiger partial charge on any atom is 0.193 e. The van der Waals surface area contributed by atoms with E-state index in [2.05, 4.69) is 13.2 Å². The van der Waals surface area contributed by atoms with E-state index < -0.39 is 0 Å². The molecule has 0 unspecified atom stereocenters. The number of carbonyl (C=O) groups is 1. The highest BCUT2D eigenvalue weighted by molar-refractivity contribution is 6.10. The minimum Gasteiger partial charge on any atom is -0.289 e. The van der Waals surface area contributed by atoms with Gasteiger partial charge in [-0.25, -0.2) is 0 Å². The van der Waals surface area contributed by atoms with Crippen LogP contribution in [-0.2, 0) is 0 Å². The van der Waals surface area contributed by atoms with Crippen molar-refractivity contribution in [1.82, 2.24) is 0 Å². The first-order valence-corrected chi connectivity index (χ1v) is 6.15. The van der Waals surface area contributed by atoms with Crippen LogP contribution in [0.4, 0.5) is 0 Å². The number of rotatable bonds is 4. The van der Waals surface area contributed by atoms with Crippen molar-refractivity contribution >= 4 is 5.78 Å². The maximum atomic E-state index is 12.1. The van der Waals surface area contributed by atoms with Crippen LogP contribution in [0, 0.1) is 6.92 Å². The Labute approximate surface area is 111 Å². The molecule has 1 rings (SSSR count). The molecule has 0 bridgehead atoms. The van der Waals surface area contributed by atoms with Gasteiger partial charge in [0, 0.05) is 11.1 Å². The molecule has 0 fully saturated rings. The van der Waals surface area contributed by atoms with E-state index in [4.69, 9.17) is 0 Å². The smallest absolute Gasteiger partial charge is 0.193 e. The summed E-state index contributed by atoms with van der Waals surface area (Å²) in [7, 11) is 0. The molecule has 0 aromatic heterocycles. The Kier molecular flexibility index (Phi) is 7.37. The van der Waals surface area contributed by atoms with Crippen molar-refractivity contribution in [2.24, 2.45) is 0 Å². The van der Waals surface area contributed by atoms with Gasteiger partial charge in [0.2, 0.25) is 0 Å². The average Bonchev–Trinajstić information content (AvgIpc) is 2.37. The van der Waals surface area contributed by atoms with Crippen LogP contribution >= 0.6 is 0 Å². The topological polar surface area (TPSA) is 17.1 Å². The second-order valence-electron chi connectivity index (χ2n) is 3.85. The van der Waals surface area contributed by atoms with Crippen molar-refractivity contribution in [3.05, 3.63) is 71.8 Å². The lowest BCUT2D eigenvalue weighted by atomic mass is 10.0. The Morgan fingerprint density at radius 3 is 2.33 bits per heavy atom. The van der Waals surface area contributed by atoms with E-state index in [1.165, 1.54) is 0 Å². The summed E-state index contributed by atoms with van der Waals surface area (Å²) >= 11 is 0. The third-order valence-electron chi connectivity index (χ3n) is 2.16. The Balaban J connectivity index is 0.00000137. The molecule has 0 spiro atoms. The second kappa shape index (κ2) is 8.24. The second-order valence-corrected chi connectivity index (χ2v) is 3.85. The number of hydrogen-bond acceptors (Lipinski definition) is 1. The van der Waals surface area contributed by atoms with Crippen molar-refractivity contribution in [2.75, 3.05) is 0 Å². The van der Waals surface area contributed by atoms with Crippen molar-refractivity contribution in [3.63, 3.8) is 0 Å². The molecule has 1 aromatic carbocycles. The number of hydrogen-bond donors (Lipinski definition) is 0. The van der Waals surface area contributed by atoms with Crippen LogP contribution in [0.5, 0.6) is 0 Å². The molecule has 0 saturated heterocycles. The van der Waals surface area contributed by atoms with Gasteiger partial charge in [-0.3, -0.25) is 4.79 Å². The monoisotopic (exact) mass is 242 g/mol. The largest absolute Gasteiger partial charge is 0.289 e. The van der Waals surface area contributed by atoms with Gasteiger partial charge in [-0.1, -0.05) is 62.4 Å². The first kappa shape index (κ1) is 16.1. The number of carbonyl (C=O) groups excluding carboxylic acids is 1. The Morgan fingerprint density at radius 2 is 1.89 bits per heavy atom. The molecule has 0 saturated carbocycles. The first-order chi connectivity index (χ1) is 8.54. The van der Waals surface area contributed by atoms with Crippen LogP contribution in [0.25, 0.3) is 0 Å². The SMILES string of the molecule is C=C/C(=C\C(=C)C)C(=O)c1cccc(C)c1.CC. The van der Waals surface area contributed by atoms with E-state index in [1.807, 2.05) is 52.0 Å². The quantitative estimate of drug-likeness (QED) is 0.417. The summed E-state index contributed by atoms with van der Waals surface area (Å²) in [6.07, 6.45) is 3.32. The van der Waals surface area contributed by atoms with E-state index in [1.54, 1.807) is 12.2 Å². The van der Waals surface area contributed by atoms with Gasteiger partial charge < -0.3 is 0 Å². The summed E-state index contributed by atoms with van der Waals surface area (Å²) in [5.41, 5.74) is 3.19. The van der Waals surface area contributed by atoms with Crippen LogP contribution in [-0.4, -0.2) is 5.78 Å². The normalized spacial score (nSPS) is 10.1. The zero-order valence-electron chi connectivity index (χ0n) is 11.8. The van der Waals surface area contributed by atoms with Crippen LogP contribution < -0.4 is 0 Å². The summed E-state index contributed by atoms with van der Waals surface area (Å²) in [6.45, 7) is 15.2. The predicted molar refractivity (Wildman–Crippen MR) is 80.0 cm³/mol. The van der Waals surface area contributed by atoms with Crippen molar-refractivity contribution in [3.8, 4) is 0 Å². The van der Waals surface area contributed by atoms with E-state index in [0.29, 0.717) is 11.1 Å². The van der Waals surface area contributed by atoms with E-state index in [-0.39, 0.29) is 5.78 Å². The molecule has 18 heavy (non-hydrogen) atoms. The average molecular weight is 242 g/mol. The van der Waals surface area contributed by atoms with Crippen molar-refractivity contribution in [1.29, 1.82) is 0 Å².